The highest BCUT2D eigenvalue weighted by Crippen LogP contribution is 1.95. The topological polar surface area (TPSA) is 30.8 Å². The molecule has 11 heavy (non-hydrogen) atoms. The molecule has 3 heteroatoms. The van der Waals surface area contributed by atoms with E-state index in [1.165, 1.54) is 7.11 Å². The Kier molecular flexibility index (Phi) is 4.90. The molecule has 0 amide bonds. The summed E-state index contributed by atoms with van der Waals surface area (Å²) in [6, 6.07) is 0. The van der Waals surface area contributed by atoms with E-state index in [1.54, 1.807) is 13.0 Å². The predicted molar refractivity (Wildman–Crippen MR) is 45.4 cm³/mol. The molecule has 0 fully saturated rings. The lowest BCUT2D eigenvalue weighted by molar-refractivity contribution is 0.196. The van der Waals surface area contributed by atoms with Crippen molar-refractivity contribution >= 4 is 5.90 Å². The summed E-state index contributed by atoms with van der Waals surface area (Å²) in [4.78, 5) is 4.53. The molecule has 62 valence electrons. The van der Waals surface area contributed by atoms with Gasteiger partial charge in [-0.1, -0.05) is 19.2 Å². The number of oxime groups is 1. The molecular weight excluding hydrogens is 142 g/mol. The van der Waals surface area contributed by atoms with E-state index in [0.717, 1.165) is 5.57 Å². The first-order valence-corrected chi connectivity index (χ1v) is 3.23. The maximum Gasteiger partial charge on any atom is 0.252 e. The van der Waals surface area contributed by atoms with Gasteiger partial charge < -0.3 is 9.57 Å². The van der Waals surface area contributed by atoms with E-state index in [2.05, 4.69) is 23.2 Å². The highest BCUT2D eigenvalue weighted by atomic mass is 16.6. The van der Waals surface area contributed by atoms with Crippen LogP contribution in [0.15, 0.2) is 30.0 Å². The molecule has 0 aromatic heterocycles. The van der Waals surface area contributed by atoms with Gasteiger partial charge in [0.1, 0.15) is 13.7 Å². The van der Waals surface area contributed by atoms with Gasteiger partial charge in [0.25, 0.3) is 5.90 Å². The maximum atomic E-state index is 5.10. The summed E-state index contributed by atoms with van der Waals surface area (Å²) in [6.07, 6.45) is 1.63. The van der Waals surface area contributed by atoms with Gasteiger partial charge in [0.2, 0.25) is 0 Å². The average Bonchev–Trinajstić information content (AvgIpc) is 1.97. The van der Waals surface area contributed by atoms with Crippen LogP contribution in [0.25, 0.3) is 0 Å². The molecule has 0 bridgehead atoms. The molecule has 0 aromatic rings. The monoisotopic (exact) mass is 155 g/mol. The molecule has 0 atom stereocenters. The van der Waals surface area contributed by atoms with E-state index in [9.17, 15) is 0 Å². The standard InChI is InChI=1S/C8H13NO2/c1-5-6-11-8(7(2)3)9-10-4/h5H,1-2,6H2,3-4H3/b9-8-. The molecule has 0 aliphatic rings. The number of ether oxygens (including phenoxy) is 1. The van der Waals surface area contributed by atoms with Gasteiger partial charge in [0.15, 0.2) is 0 Å². The Balaban J connectivity index is 4.00. The highest BCUT2D eigenvalue weighted by molar-refractivity contribution is 5.91. The summed E-state index contributed by atoms with van der Waals surface area (Å²) in [5.74, 6) is 0.410. The van der Waals surface area contributed by atoms with Crippen LogP contribution in [-0.2, 0) is 9.57 Å². The van der Waals surface area contributed by atoms with Crippen molar-refractivity contribution in [3.8, 4) is 0 Å². The van der Waals surface area contributed by atoms with Crippen molar-refractivity contribution < 1.29 is 9.57 Å². The summed E-state index contributed by atoms with van der Waals surface area (Å²) in [5, 5.41) is 3.61. The average molecular weight is 155 g/mol. The predicted octanol–water partition coefficient (Wildman–Crippen LogP) is 1.72. The molecule has 0 aliphatic carbocycles. The van der Waals surface area contributed by atoms with Crippen molar-refractivity contribution in [2.24, 2.45) is 5.16 Å². The molecule has 0 aliphatic heterocycles. The third-order valence-electron chi connectivity index (χ3n) is 0.877. The summed E-state index contributed by atoms with van der Waals surface area (Å²) >= 11 is 0. The largest absolute Gasteiger partial charge is 0.471 e. The van der Waals surface area contributed by atoms with Crippen molar-refractivity contribution in [1.82, 2.24) is 0 Å². The smallest absolute Gasteiger partial charge is 0.252 e. The third kappa shape index (κ3) is 4.19. The van der Waals surface area contributed by atoms with Gasteiger partial charge in [0.05, 0.1) is 0 Å². The molecule has 0 aromatic carbocycles. The zero-order valence-electron chi connectivity index (χ0n) is 6.96. The van der Waals surface area contributed by atoms with Crippen LogP contribution >= 0.6 is 0 Å². The number of rotatable bonds is 4. The summed E-state index contributed by atoms with van der Waals surface area (Å²) < 4.78 is 5.10. The van der Waals surface area contributed by atoms with Crippen LogP contribution in [0.1, 0.15) is 6.92 Å². The normalized spacial score (nSPS) is 10.5. The summed E-state index contributed by atoms with van der Waals surface area (Å²) in [7, 11) is 1.46. The van der Waals surface area contributed by atoms with Gasteiger partial charge >= 0.3 is 0 Å². The summed E-state index contributed by atoms with van der Waals surface area (Å²) in [5.41, 5.74) is 0.730. The molecular formula is C8H13NO2. The number of hydrogen-bond acceptors (Lipinski definition) is 3. The van der Waals surface area contributed by atoms with Crippen molar-refractivity contribution in [2.45, 2.75) is 6.92 Å². The molecule has 0 saturated carbocycles. The van der Waals surface area contributed by atoms with Crippen LogP contribution in [0.5, 0.6) is 0 Å². The quantitative estimate of drug-likeness (QED) is 0.268. The molecule has 0 saturated heterocycles. The van der Waals surface area contributed by atoms with Gasteiger partial charge in [-0.15, -0.1) is 0 Å². The zero-order valence-corrected chi connectivity index (χ0v) is 6.96. The van der Waals surface area contributed by atoms with Crippen LogP contribution in [-0.4, -0.2) is 19.6 Å². The Morgan fingerprint density at radius 2 is 2.27 bits per heavy atom. The first-order valence-electron chi connectivity index (χ1n) is 3.23. The van der Waals surface area contributed by atoms with Crippen LogP contribution < -0.4 is 0 Å². The van der Waals surface area contributed by atoms with E-state index >= 15 is 0 Å². The Hall–Kier alpha value is -1.25. The second kappa shape index (κ2) is 5.53. The van der Waals surface area contributed by atoms with E-state index in [-0.39, 0.29) is 0 Å². The Bertz CT molecular complexity index is 173. The van der Waals surface area contributed by atoms with Crippen LogP contribution in [0, 0.1) is 0 Å². The number of hydrogen-bond donors (Lipinski definition) is 0. The molecule has 3 nitrogen and oxygen atoms in total. The lowest BCUT2D eigenvalue weighted by Gasteiger charge is -2.04. The Labute approximate surface area is 67.0 Å². The fourth-order valence-electron chi connectivity index (χ4n) is 0.448. The Morgan fingerprint density at radius 1 is 1.64 bits per heavy atom. The van der Waals surface area contributed by atoms with Gasteiger partial charge in [-0.2, -0.15) is 0 Å². The Morgan fingerprint density at radius 3 is 2.64 bits per heavy atom. The van der Waals surface area contributed by atoms with Crippen molar-refractivity contribution in [3.05, 3.63) is 24.8 Å². The van der Waals surface area contributed by atoms with Gasteiger partial charge in [-0.25, -0.2) is 0 Å². The number of nitrogens with zero attached hydrogens (tertiary/aromatic N) is 1. The molecule has 0 spiro atoms. The van der Waals surface area contributed by atoms with Crippen molar-refractivity contribution in [2.75, 3.05) is 13.7 Å². The fraction of sp³-hybridized carbons (Fsp3) is 0.375. The van der Waals surface area contributed by atoms with Gasteiger partial charge in [0, 0.05) is 5.57 Å². The van der Waals surface area contributed by atoms with Crippen LogP contribution in [0.4, 0.5) is 0 Å². The zero-order chi connectivity index (χ0) is 8.69. The molecule has 0 rings (SSSR count). The van der Waals surface area contributed by atoms with E-state index in [4.69, 9.17) is 4.74 Å². The highest BCUT2D eigenvalue weighted by Gasteiger charge is 1.99. The van der Waals surface area contributed by atoms with E-state index in [1.807, 2.05) is 0 Å². The second-order valence-corrected chi connectivity index (χ2v) is 1.96. The molecule has 0 heterocycles. The lowest BCUT2D eigenvalue weighted by Crippen LogP contribution is -2.06. The second-order valence-electron chi connectivity index (χ2n) is 1.96. The molecule has 0 radical (unpaired) electrons. The first kappa shape index (κ1) is 9.75. The minimum absolute atomic E-state index is 0.410. The van der Waals surface area contributed by atoms with Crippen LogP contribution in [0.3, 0.4) is 0 Å². The molecule has 0 unspecified atom stereocenters. The first-order chi connectivity index (χ1) is 5.22. The van der Waals surface area contributed by atoms with E-state index in [0.29, 0.717) is 12.5 Å². The SMILES string of the molecule is C=CCO/C(=N\OC)C(=C)C. The maximum absolute atomic E-state index is 5.10. The lowest BCUT2D eigenvalue weighted by atomic mass is 10.3. The van der Waals surface area contributed by atoms with Crippen LogP contribution in [0.2, 0.25) is 0 Å². The summed E-state index contributed by atoms with van der Waals surface area (Å²) in [6.45, 7) is 9.36. The van der Waals surface area contributed by atoms with Crippen molar-refractivity contribution in [1.29, 1.82) is 0 Å². The minimum atomic E-state index is 0.410. The minimum Gasteiger partial charge on any atom is -0.471 e. The van der Waals surface area contributed by atoms with Gasteiger partial charge in [-0.3, -0.25) is 0 Å². The molecule has 0 N–H and O–H groups in total. The van der Waals surface area contributed by atoms with Crippen molar-refractivity contribution in [3.63, 3.8) is 0 Å². The van der Waals surface area contributed by atoms with E-state index < -0.39 is 0 Å². The fourth-order valence-corrected chi connectivity index (χ4v) is 0.448. The van der Waals surface area contributed by atoms with Gasteiger partial charge in [-0.05, 0) is 12.1 Å². The third-order valence-corrected chi connectivity index (χ3v) is 0.877.